The summed E-state index contributed by atoms with van der Waals surface area (Å²) >= 11 is 0. The van der Waals surface area contributed by atoms with E-state index < -0.39 is 5.95 Å². The Morgan fingerprint density at radius 3 is 2.61 bits per heavy atom. The zero-order valence-corrected chi connectivity index (χ0v) is 19.1. The van der Waals surface area contributed by atoms with E-state index in [1.165, 1.54) is 18.3 Å². The van der Waals surface area contributed by atoms with E-state index in [0.717, 1.165) is 45.2 Å². The van der Waals surface area contributed by atoms with Crippen LogP contribution in [-0.4, -0.2) is 55.7 Å². The molecule has 3 amide bonds. The van der Waals surface area contributed by atoms with Gasteiger partial charge in [0.2, 0.25) is 5.95 Å². The summed E-state index contributed by atoms with van der Waals surface area (Å²) in [7, 11) is 3.10. The van der Waals surface area contributed by atoms with Crippen LogP contribution in [0.4, 0.5) is 14.9 Å². The SMILES string of the molecule is COc1cccc(OC)c1C(=O)N1CCC(CCCCCNC(=O)Nc2ccnc(F)c2)C1. The third-order valence-electron chi connectivity index (χ3n) is 5.77. The number of carbonyl (C=O) groups is 2. The molecule has 1 aliphatic heterocycles. The highest BCUT2D eigenvalue weighted by atomic mass is 19.1. The molecule has 1 fully saturated rings. The second-order valence-corrected chi connectivity index (χ2v) is 8.04. The van der Waals surface area contributed by atoms with Crippen molar-refractivity contribution in [3.8, 4) is 11.5 Å². The predicted molar refractivity (Wildman–Crippen MR) is 123 cm³/mol. The van der Waals surface area contributed by atoms with Gasteiger partial charge in [-0.2, -0.15) is 4.39 Å². The van der Waals surface area contributed by atoms with Gasteiger partial charge in [-0.1, -0.05) is 18.9 Å². The molecule has 8 nitrogen and oxygen atoms in total. The van der Waals surface area contributed by atoms with Gasteiger partial charge in [-0.05, 0) is 43.4 Å². The van der Waals surface area contributed by atoms with Crippen LogP contribution in [0.3, 0.4) is 0 Å². The molecule has 0 bridgehead atoms. The van der Waals surface area contributed by atoms with Gasteiger partial charge in [-0.25, -0.2) is 9.78 Å². The first-order valence-corrected chi connectivity index (χ1v) is 11.2. The Balaban J connectivity index is 1.34. The van der Waals surface area contributed by atoms with Gasteiger partial charge >= 0.3 is 6.03 Å². The lowest BCUT2D eigenvalue weighted by Crippen LogP contribution is -2.29. The Kier molecular flexibility index (Phi) is 8.86. The van der Waals surface area contributed by atoms with Crippen molar-refractivity contribution in [2.45, 2.75) is 32.1 Å². The maximum Gasteiger partial charge on any atom is 0.319 e. The van der Waals surface area contributed by atoms with Crippen molar-refractivity contribution in [2.24, 2.45) is 5.92 Å². The monoisotopic (exact) mass is 458 g/mol. The van der Waals surface area contributed by atoms with E-state index in [-0.39, 0.29) is 11.9 Å². The van der Waals surface area contributed by atoms with Crippen LogP contribution < -0.4 is 20.1 Å². The summed E-state index contributed by atoms with van der Waals surface area (Å²) in [6, 6.07) is 7.68. The van der Waals surface area contributed by atoms with Crippen LogP contribution in [0.15, 0.2) is 36.5 Å². The Morgan fingerprint density at radius 1 is 1.15 bits per heavy atom. The molecule has 1 atom stereocenters. The maximum atomic E-state index is 13.1. The summed E-state index contributed by atoms with van der Waals surface area (Å²) in [5, 5.41) is 5.35. The van der Waals surface area contributed by atoms with Gasteiger partial charge in [0.1, 0.15) is 17.1 Å². The van der Waals surface area contributed by atoms with Crippen LogP contribution in [0.2, 0.25) is 0 Å². The largest absolute Gasteiger partial charge is 0.496 e. The van der Waals surface area contributed by atoms with Crippen molar-refractivity contribution < 1.29 is 23.5 Å². The molecule has 2 heterocycles. The van der Waals surface area contributed by atoms with E-state index in [9.17, 15) is 14.0 Å². The van der Waals surface area contributed by atoms with Crippen molar-refractivity contribution in [1.29, 1.82) is 0 Å². The maximum absolute atomic E-state index is 13.1. The molecule has 1 unspecified atom stereocenters. The number of hydrogen-bond acceptors (Lipinski definition) is 5. The van der Waals surface area contributed by atoms with Crippen molar-refractivity contribution >= 4 is 17.6 Å². The summed E-state index contributed by atoms with van der Waals surface area (Å²) in [5.41, 5.74) is 0.841. The van der Waals surface area contributed by atoms with Gasteiger partial charge in [0.05, 0.1) is 14.2 Å². The molecule has 33 heavy (non-hydrogen) atoms. The highest BCUT2D eigenvalue weighted by Gasteiger charge is 2.30. The van der Waals surface area contributed by atoms with E-state index >= 15 is 0 Å². The van der Waals surface area contributed by atoms with Gasteiger partial charge in [-0.3, -0.25) is 4.79 Å². The fourth-order valence-electron chi connectivity index (χ4n) is 4.07. The number of unbranched alkanes of at least 4 members (excludes halogenated alkanes) is 2. The fraction of sp³-hybridized carbons (Fsp3) is 0.458. The highest BCUT2D eigenvalue weighted by molar-refractivity contribution is 5.99. The average molecular weight is 459 g/mol. The molecule has 1 aromatic heterocycles. The first-order chi connectivity index (χ1) is 16.0. The third-order valence-corrected chi connectivity index (χ3v) is 5.77. The van der Waals surface area contributed by atoms with Crippen LogP contribution >= 0.6 is 0 Å². The number of urea groups is 1. The number of hydrogen-bond donors (Lipinski definition) is 2. The first kappa shape index (κ1) is 24.3. The minimum Gasteiger partial charge on any atom is -0.496 e. The number of aromatic nitrogens is 1. The van der Waals surface area contributed by atoms with Crippen molar-refractivity contribution in [2.75, 3.05) is 39.2 Å². The number of nitrogens with one attached hydrogen (secondary N) is 2. The number of methoxy groups -OCH3 is 2. The lowest BCUT2D eigenvalue weighted by atomic mass is 10.0. The number of anilines is 1. The summed E-state index contributed by atoms with van der Waals surface area (Å²) in [6.07, 6.45) is 6.18. The molecular weight excluding hydrogens is 427 g/mol. The number of ether oxygens (including phenoxy) is 2. The van der Waals surface area contributed by atoms with Gasteiger partial charge in [-0.15, -0.1) is 0 Å². The Hall–Kier alpha value is -3.36. The molecule has 178 valence electrons. The predicted octanol–water partition coefficient (Wildman–Crippen LogP) is 4.08. The number of halogens is 1. The molecule has 0 spiro atoms. The molecule has 9 heteroatoms. The number of carbonyl (C=O) groups excluding carboxylic acids is 2. The zero-order valence-electron chi connectivity index (χ0n) is 19.1. The van der Waals surface area contributed by atoms with E-state index in [4.69, 9.17) is 9.47 Å². The van der Waals surface area contributed by atoms with Crippen molar-refractivity contribution in [3.63, 3.8) is 0 Å². The number of amides is 3. The molecule has 1 aromatic carbocycles. The lowest BCUT2D eigenvalue weighted by Gasteiger charge is -2.20. The number of nitrogens with zero attached hydrogens (tertiary/aromatic N) is 2. The Morgan fingerprint density at radius 2 is 1.91 bits per heavy atom. The van der Waals surface area contributed by atoms with E-state index in [1.807, 2.05) is 4.90 Å². The lowest BCUT2D eigenvalue weighted by molar-refractivity contribution is 0.0779. The summed E-state index contributed by atoms with van der Waals surface area (Å²) < 4.78 is 23.8. The Labute approximate surface area is 193 Å². The number of likely N-dealkylation sites (tertiary alicyclic amines) is 1. The molecule has 2 N–H and O–H groups in total. The quantitative estimate of drug-likeness (QED) is 0.413. The van der Waals surface area contributed by atoms with Crippen LogP contribution in [-0.2, 0) is 0 Å². The molecular formula is C24H31FN4O4. The molecule has 1 aliphatic rings. The van der Waals surface area contributed by atoms with Gasteiger partial charge in [0.25, 0.3) is 5.91 Å². The molecule has 3 rings (SSSR count). The minimum absolute atomic E-state index is 0.0592. The fourth-order valence-corrected chi connectivity index (χ4v) is 4.07. The number of benzene rings is 1. The normalized spacial score (nSPS) is 15.2. The zero-order chi connectivity index (χ0) is 23.6. The second-order valence-electron chi connectivity index (χ2n) is 8.04. The van der Waals surface area contributed by atoms with Gasteiger partial charge in [0, 0.05) is 37.6 Å². The standard InChI is InChI=1S/C24H31FN4O4/c1-32-19-8-6-9-20(33-2)22(19)23(30)29-14-11-17(16-29)7-4-3-5-12-27-24(31)28-18-10-13-26-21(25)15-18/h6,8-10,13,15,17H,3-5,7,11-12,14,16H2,1-2H3,(H2,26,27,28,31). The first-order valence-electron chi connectivity index (χ1n) is 11.2. The average Bonchev–Trinajstić information content (AvgIpc) is 3.29. The summed E-state index contributed by atoms with van der Waals surface area (Å²) in [6.45, 7) is 1.99. The number of pyridine rings is 1. The van der Waals surface area contributed by atoms with Crippen molar-refractivity contribution in [1.82, 2.24) is 15.2 Å². The molecule has 1 saturated heterocycles. The van der Waals surface area contributed by atoms with Gasteiger partial charge < -0.3 is 25.0 Å². The van der Waals surface area contributed by atoms with E-state index in [0.29, 0.717) is 35.2 Å². The third kappa shape index (κ3) is 6.81. The molecule has 2 aromatic rings. The van der Waals surface area contributed by atoms with Crippen LogP contribution in [0.25, 0.3) is 0 Å². The van der Waals surface area contributed by atoms with Gasteiger partial charge in [0.15, 0.2) is 0 Å². The highest BCUT2D eigenvalue weighted by Crippen LogP contribution is 2.32. The topological polar surface area (TPSA) is 92.8 Å². The van der Waals surface area contributed by atoms with Crippen LogP contribution in [0, 0.1) is 11.9 Å². The second kappa shape index (κ2) is 12.0. The summed E-state index contributed by atoms with van der Waals surface area (Å²) in [4.78, 5) is 30.3. The molecule has 0 aliphatic carbocycles. The minimum atomic E-state index is -0.637. The smallest absolute Gasteiger partial charge is 0.319 e. The molecule has 0 saturated carbocycles. The Bertz CT molecular complexity index is 934. The number of rotatable bonds is 10. The van der Waals surface area contributed by atoms with Crippen LogP contribution in [0.5, 0.6) is 11.5 Å². The van der Waals surface area contributed by atoms with Crippen LogP contribution in [0.1, 0.15) is 42.5 Å². The molecule has 0 radical (unpaired) electrons. The summed E-state index contributed by atoms with van der Waals surface area (Å²) in [5.74, 6) is 0.812. The van der Waals surface area contributed by atoms with E-state index in [1.54, 1.807) is 32.4 Å². The van der Waals surface area contributed by atoms with Crippen molar-refractivity contribution in [3.05, 3.63) is 48.0 Å². The van der Waals surface area contributed by atoms with E-state index in [2.05, 4.69) is 15.6 Å².